The van der Waals surface area contributed by atoms with Gasteiger partial charge in [-0.05, 0) is 31.8 Å². The number of hydrogen-bond acceptors (Lipinski definition) is 4. The molecule has 16 heavy (non-hydrogen) atoms. The third-order valence-electron chi connectivity index (χ3n) is 3.27. The molecular weight excluding hydrogens is 204 g/mol. The van der Waals surface area contributed by atoms with Crippen LogP contribution in [-0.4, -0.2) is 50.2 Å². The molecule has 0 aromatic carbocycles. The molecule has 0 atom stereocenters. The Kier molecular flexibility index (Phi) is 4.60. The first-order chi connectivity index (χ1) is 7.84. The number of nitrogens with zero attached hydrogens (tertiary/aromatic N) is 1. The van der Waals surface area contributed by atoms with Crippen LogP contribution in [-0.2, 0) is 9.53 Å². The number of ether oxygens (including phenoxy) is 1. The van der Waals surface area contributed by atoms with Crippen molar-refractivity contribution in [2.45, 2.75) is 25.7 Å². The van der Waals surface area contributed by atoms with E-state index in [1.54, 1.807) is 0 Å². The summed E-state index contributed by atoms with van der Waals surface area (Å²) in [6, 6.07) is 0. The van der Waals surface area contributed by atoms with Gasteiger partial charge >= 0.3 is 5.97 Å². The Morgan fingerprint density at radius 1 is 1.31 bits per heavy atom. The molecule has 0 aromatic heterocycles. The van der Waals surface area contributed by atoms with Gasteiger partial charge < -0.3 is 10.1 Å². The smallest absolute Gasteiger partial charge is 0.320 e. The van der Waals surface area contributed by atoms with Gasteiger partial charge in [0.2, 0.25) is 0 Å². The zero-order chi connectivity index (χ0) is 11.2. The Labute approximate surface area is 97.3 Å². The molecule has 4 nitrogen and oxygen atoms in total. The van der Waals surface area contributed by atoms with Crippen molar-refractivity contribution in [3.8, 4) is 0 Å². The molecule has 0 bridgehead atoms. The van der Waals surface area contributed by atoms with E-state index < -0.39 is 0 Å². The van der Waals surface area contributed by atoms with Crippen molar-refractivity contribution in [1.82, 2.24) is 10.2 Å². The average Bonchev–Trinajstić information content (AvgIpc) is 3.05. The summed E-state index contributed by atoms with van der Waals surface area (Å²) in [6.07, 6.45) is 4.84. The first kappa shape index (κ1) is 11.9. The van der Waals surface area contributed by atoms with Gasteiger partial charge in [-0.15, -0.1) is 0 Å². The third kappa shape index (κ3) is 4.49. The number of rotatable bonds is 5. The summed E-state index contributed by atoms with van der Waals surface area (Å²) in [4.78, 5) is 13.7. The number of carbonyl (C=O) groups excluding carboxylic acids is 1. The van der Waals surface area contributed by atoms with Crippen LogP contribution in [0.2, 0.25) is 0 Å². The Bertz CT molecular complexity index is 221. The highest BCUT2D eigenvalue weighted by molar-refractivity contribution is 5.71. The predicted octanol–water partition coefficient (Wildman–Crippen LogP) is 0.625. The van der Waals surface area contributed by atoms with Crippen molar-refractivity contribution in [3.05, 3.63) is 0 Å². The Hall–Kier alpha value is -0.610. The van der Waals surface area contributed by atoms with Crippen LogP contribution in [0.1, 0.15) is 25.7 Å². The van der Waals surface area contributed by atoms with Gasteiger partial charge in [0.25, 0.3) is 0 Å². The quantitative estimate of drug-likeness (QED) is 0.698. The standard InChI is InChI=1S/C12H22N2O2/c15-12(16-9-4-11-2-3-11)10-14-7-1-5-13-6-8-14/h11,13H,1-10H2. The van der Waals surface area contributed by atoms with Gasteiger partial charge in [0.05, 0.1) is 13.2 Å². The van der Waals surface area contributed by atoms with E-state index in [9.17, 15) is 4.79 Å². The molecule has 1 aliphatic carbocycles. The average molecular weight is 226 g/mol. The fourth-order valence-corrected chi connectivity index (χ4v) is 2.03. The van der Waals surface area contributed by atoms with Gasteiger partial charge in [0.15, 0.2) is 0 Å². The van der Waals surface area contributed by atoms with Crippen LogP contribution in [0.5, 0.6) is 0 Å². The summed E-state index contributed by atoms with van der Waals surface area (Å²) >= 11 is 0. The molecule has 0 spiro atoms. The van der Waals surface area contributed by atoms with E-state index in [-0.39, 0.29) is 5.97 Å². The maximum atomic E-state index is 11.5. The molecular formula is C12H22N2O2. The number of esters is 1. The lowest BCUT2D eigenvalue weighted by Crippen LogP contribution is -2.34. The zero-order valence-corrected chi connectivity index (χ0v) is 9.91. The van der Waals surface area contributed by atoms with Crippen LogP contribution >= 0.6 is 0 Å². The van der Waals surface area contributed by atoms with Crippen LogP contribution in [0.4, 0.5) is 0 Å². The van der Waals surface area contributed by atoms with E-state index in [1.165, 1.54) is 12.8 Å². The minimum Gasteiger partial charge on any atom is -0.465 e. The number of hydrogen-bond donors (Lipinski definition) is 1. The van der Waals surface area contributed by atoms with E-state index in [0.29, 0.717) is 13.2 Å². The predicted molar refractivity (Wildman–Crippen MR) is 62.2 cm³/mol. The van der Waals surface area contributed by atoms with Crippen LogP contribution in [0.25, 0.3) is 0 Å². The molecule has 1 saturated heterocycles. The largest absolute Gasteiger partial charge is 0.465 e. The Morgan fingerprint density at radius 3 is 3.00 bits per heavy atom. The van der Waals surface area contributed by atoms with Crippen molar-refractivity contribution in [1.29, 1.82) is 0 Å². The second-order valence-corrected chi connectivity index (χ2v) is 4.83. The summed E-state index contributed by atoms with van der Waals surface area (Å²) in [6.45, 7) is 5.09. The van der Waals surface area contributed by atoms with Crippen LogP contribution in [0.3, 0.4) is 0 Å². The van der Waals surface area contributed by atoms with Gasteiger partial charge in [-0.3, -0.25) is 9.69 Å². The molecule has 1 heterocycles. The number of carbonyl (C=O) groups is 1. The summed E-state index contributed by atoms with van der Waals surface area (Å²) in [5.74, 6) is 0.790. The van der Waals surface area contributed by atoms with E-state index in [1.807, 2.05) is 0 Å². The number of nitrogens with one attached hydrogen (secondary N) is 1. The van der Waals surface area contributed by atoms with E-state index in [2.05, 4.69) is 10.2 Å². The molecule has 2 fully saturated rings. The molecule has 0 aromatic rings. The van der Waals surface area contributed by atoms with Gasteiger partial charge in [-0.25, -0.2) is 0 Å². The monoisotopic (exact) mass is 226 g/mol. The minimum absolute atomic E-state index is 0.0532. The van der Waals surface area contributed by atoms with Crippen molar-refractivity contribution >= 4 is 5.97 Å². The molecule has 1 N–H and O–H groups in total. The third-order valence-corrected chi connectivity index (χ3v) is 3.27. The fraction of sp³-hybridized carbons (Fsp3) is 0.917. The summed E-state index contributed by atoms with van der Waals surface area (Å²) in [7, 11) is 0. The van der Waals surface area contributed by atoms with Gasteiger partial charge in [0, 0.05) is 13.1 Å². The Balaban J connectivity index is 1.56. The highest BCUT2D eigenvalue weighted by atomic mass is 16.5. The van der Waals surface area contributed by atoms with Crippen molar-refractivity contribution in [2.75, 3.05) is 39.3 Å². The highest BCUT2D eigenvalue weighted by Crippen LogP contribution is 2.32. The normalized spacial score (nSPS) is 22.8. The molecule has 1 aliphatic heterocycles. The summed E-state index contributed by atoms with van der Waals surface area (Å²) in [5.41, 5.74) is 0. The topological polar surface area (TPSA) is 41.6 Å². The summed E-state index contributed by atoms with van der Waals surface area (Å²) in [5, 5.41) is 3.32. The summed E-state index contributed by atoms with van der Waals surface area (Å²) < 4.78 is 5.24. The van der Waals surface area contributed by atoms with Crippen molar-refractivity contribution in [2.24, 2.45) is 5.92 Å². The lowest BCUT2D eigenvalue weighted by Gasteiger charge is -2.17. The molecule has 0 radical (unpaired) electrons. The van der Waals surface area contributed by atoms with Crippen molar-refractivity contribution < 1.29 is 9.53 Å². The molecule has 2 rings (SSSR count). The second kappa shape index (κ2) is 6.21. The maximum Gasteiger partial charge on any atom is 0.320 e. The molecule has 1 saturated carbocycles. The molecule has 0 unspecified atom stereocenters. The second-order valence-electron chi connectivity index (χ2n) is 4.83. The highest BCUT2D eigenvalue weighted by Gasteiger charge is 2.21. The lowest BCUT2D eigenvalue weighted by molar-refractivity contribution is -0.145. The van der Waals surface area contributed by atoms with Crippen LogP contribution in [0, 0.1) is 5.92 Å². The zero-order valence-electron chi connectivity index (χ0n) is 9.91. The van der Waals surface area contributed by atoms with Crippen molar-refractivity contribution in [3.63, 3.8) is 0 Å². The lowest BCUT2D eigenvalue weighted by atomic mass is 10.3. The van der Waals surface area contributed by atoms with Gasteiger partial charge in [-0.1, -0.05) is 12.8 Å². The Morgan fingerprint density at radius 2 is 2.19 bits per heavy atom. The van der Waals surface area contributed by atoms with Gasteiger partial charge in [-0.2, -0.15) is 0 Å². The fourth-order valence-electron chi connectivity index (χ4n) is 2.03. The van der Waals surface area contributed by atoms with E-state index in [0.717, 1.165) is 44.9 Å². The minimum atomic E-state index is -0.0532. The van der Waals surface area contributed by atoms with Crippen LogP contribution in [0.15, 0.2) is 0 Å². The molecule has 92 valence electrons. The van der Waals surface area contributed by atoms with E-state index >= 15 is 0 Å². The van der Waals surface area contributed by atoms with Gasteiger partial charge in [0.1, 0.15) is 0 Å². The molecule has 4 heteroatoms. The molecule has 0 amide bonds. The molecule has 2 aliphatic rings. The SMILES string of the molecule is O=C(CN1CCCNCC1)OCCC1CC1. The van der Waals surface area contributed by atoms with Crippen LogP contribution < -0.4 is 5.32 Å². The first-order valence-corrected chi connectivity index (χ1v) is 6.43. The van der Waals surface area contributed by atoms with E-state index in [4.69, 9.17) is 4.74 Å². The maximum absolute atomic E-state index is 11.5. The first-order valence-electron chi connectivity index (χ1n) is 6.43.